The Morgan fingerprint density at radius 3 is 2.57 bits per heavy atom. The molecule has 5 nitrogen and oxygen atoms in total. The normalized spacial score (nSPS) is 24.3. The zero-order chi connectivity index (χ0) is 16.9. The minimum absolute atomic E-state index is 0.103. The maximum absolute atomic E-state index is 11.9. The average Bonchev–Trinajstić information content (AvgIpc) is 3.11. The van der Waals surface area contributed by atoms with Crippen LogP contribution in [0.15, 0.2) is 0 Å². The van der Waals surface area contributed by atoms with E-state index >= 15 is 0 Å². The Morgan fingerprint density at radius 2 is 2.04 bits per heavy atom. The minimum atomic E-state index is -0.500. The molecule has 0 aromatic rings. The molecule has 1 saturated carbocycles. The summed E-state index contributed by atoms with van der Waals surface area (Å²) in [7, 11) is 0. The Bertz CT molecular complexity index is 383. The lowest BCUT2D eigenvalue weighted by Crippen LogP contribution is -2.43. The quantitative estimate of drug-likeness (QED) is 0.718. The molecular formula is C18H33NO4. The van der Waals surface area contributed by atoms with Gasteiger partial charge in [-0.3, -0.25) is 0 Å². The standard InChI is InChI=1S/C18H33NO4/c1-17(2,3)23-16(21)19-12-18(13-20,11-14-6-7-14)9-8-15-5-4-10-22-15/h14-15,20H,4-13H2,1-3H3,(H,19,21). The molecule has 2 fully saturated rings. The van der Waals surface area contributed by atoms with Crippen molar-refractivity contribution in [3.05, 3.63) is 0 Å². The Labute approximate surface area is 140 Å². The third kappa shape index (κ3) is 6.68. The number of ether oxygens (including phenoxy) is 2. The predicted molar refractivity (Wildman–Crippen MR) is 89.3 cm³/mol. The first kappa shape index (κ1) is 18.5. The van der Waals surface area contributed by atoms with Crippen molar-refractivity contribution < 1.29 is 19.4 Å². The molecule has 0 bridgehead atoms. The van der Waals surface area contributed by atoms with Crippen molar-refractivity contribution in [3.63, 3.8) is 0 Å². The van der Waals surface area contributed by atoms with Gasteiger partial charge in [0.25, 0.3) is 0 Å². The van der Waals surface area contributed by atoms with Crippen LogP contribution in [0.2, 0.25) is 0 Å². The fourth-order valence-corrected chi connectivity index (χ4v) is 3.31. The van der Waals surface area contributed by atoms with Gasteiger partial charge in [0.05, 0.1) is 12.7 Å². The molecule has 2 atom stereocenters. The molecule has 0 aromatic heterocycles. The lowest BCUT2D eigenvalue weighted by molar-refractivity contribution is 0.0374. The molecule has 1 amide bonds. The predicted octanol–water partition coefficient (Wildman–Crippen LogP) is 3.25. The lowest BCUT2D eigenvalue weighted by atomic mass is 9.78. The van der Waals surface area contributed by atoms with E-state index in [1.807, 2.05) is 20.8 Å². The lowest BCUT2D eigenvalue weighted by Gasteiger charge is -2.33. The van der Waals surface area contributed by atoms with Crippen LogP contribution in [0, 0.1) is 11.3 Å². The van der Waals surface area contributed by atoms with Crippen LogP contribution in [0.4, 0.5) is 4.79 Å². The SMILES string of the molecule is CC(C)(C)OC(=O)NCC(CO)(CCC1CCCO1)CC1CC1. The van der Waals surface area contributed by atoms with Gasteiger partial charge < -0.3 is 19.9 Å². The summed E-state index contributed by atoms with van der Waals surface area (Å²) in [6.07, 6.45) is 7.49. The van der Waals surface area contributed by atoms with Gasteiger partial charge in [-0.05, 0) is 58.8 Å². The smallest absolute Gasteiger partial charge is 0.407 e. The molecular weight excluding hydrogens is 294 g/mol. The number of nitrogens with one attached hydrogen (secondary N) is 1. The number of rotatable bonds is 8. The molecule has 2 N–H and O–H groups in total. The first-order valence-corrected chi connectivity index (χ1v) is 9.01. The highest BCUT2D eigenvalue weighted by Crippen LogP contribution is 2.43. The van der Waals surface area contributed by atoms with Gasteiger partial charge in [-0.15, -0.1) is 0 Å². The van der Waals surface area contributed by atoms with E-state index in [1.165, 1.54) is 12.8 Å². The highest BCUT2D eigenvalue weighted by molar-refractivity contribution is 5.67. The zero-order valence-electron chi connectivity index (χ0n) is 14.9. The van der Waals surface area contributed by atoms with Gasteiger partial charge in [0, 0.05) is 18.6 Å². The van der Waals surface area contributed by atoms with Gasteiger partial charge >= 0.3 is 6.09 Å². The Hall–Kier alpha value is -0.810. The Balaban J connectivity index is 1.87. The summed E-state index contributed by atoms with van der Waals surface area (Å²) < 4.78 is 11.0. The summed E-state index contributed by atoms with van der Waals surface area (Å²) >= 11 is 0. The second-order valence-electron chi connectivity index (χ2n) is 8.33. The summed E-state index contributed by atoms with van der Waals surface area (Å²) in [6.45, 7) is 7.00. The van der Waals surface area contributed by atoms with Crippen LogP contribution >= 0.6 is 0 Å². The summed E-state index contributed by atoms with van der Waals surface area (Å²) in [5, 5.41) is 12.9. The maximum Gasteiger partial charge on any atom is 0.407 e. The van der Waals surface area contributed by atoms with E-state index in [1.54, 1.807) is 0 Å². The molecule has 2 unspecified atom stereocenters. The molecule has 1 saturated heterocycles. The van der Waals surface area contributed by atoms with Crippen molar-refractivity contribution in [1.82, 2.24) is 5.32 Å². The first-order chi connectivity index (χ1) is 10.8. The van der Waals surface area contributed by atoms with Crippen LogP contribution in [-0.2, 0) is 9.47 Å². The van der Waals surface area contributed by atoms with Crippen molar-refractivity contribution in [2.75, 3.05) is 19.8 Å². The molecule has 5 heteroatoms. The fraction of sp³-hybridized carbons (Fsp3) is 0.944. The summed E-state index contributed by atoms with van der Waals surface area (Å²) in [4.78, 5) is 11.9. The van der Waals surface area contributed by atoms with Crippen LogP contribution < -0.4 is 5.32 Å². The van der Waals surface area contributed by atoms with Crippen LogP contribution in [-0.4, -0.2) is 42.7 Å². The minimum Gasteiger partial charge on any atom is -0.444 e. The number of amides is 1. The molecule has 23 heavy (non-hydrogen) atoms. The van der Waals surface area contributed by atoms with Gasteiger partial charge in [-0.1, -0.05) is 12.8 Å². The number of carbonyl (C=O) groups is 1. The van der Waals surface area contributed by atoms with E-state index in [-0.39, 0.29) is 12.0 Å². The van der Waals surface area contributed by atoms with Crippen LogP contribution in [0.25, 0.3) is 0 Å². The fourth-order valence-electron chi connectivity index (χ4n) is 3.31. The van der Waals surface area contributed by atoms with Crippen molar-refractivity contribution in [2.45, 2.75) is 77.4 Å². The number of hydrogen-bond acceptors (Lipinski definition) is 4. The summed E-state index contributed by atoms with van der Waals surface area (Å²) in [5.41, 5.74) is -0.746. The Kier molecular flexibility index (Phi) is 6.32. The van der Waals surface area contributed by atoms with E-state index in [0.29, 0.717) is 18.6 Å². The van der Waals surface area contributed by atoms with E-state index in [4.69, 9.17) is 9.47 Å². The number of carbonyl (C=O) groups excluding carboxylic acids is 1. The van der Waals surface area contributed by atoms with Crippen molar-refractivity contribution >= 4 is 6.09 Å². The van der Waals surface area contributed by atoms with Gasteiger partial charge in [0.2, 0.25) is 0 Å². The topological polar surface area (TPSA) is 67.8 Å². The summed E-state index contributed by atoms with van der Waals surface area (Å²) in [6, 6.07) is 0. The van der Waals surface area contributed by atoms with Crippen LogP contribution in [0.1, 0.15) is 65.7 Å². The molecule has 1 aliphatic heterocycles. The number of alkyl carbamates (subject to hydrolysis) is 1. The molecule has 134 valence electrons. The third-order valence-corrected chi connectivity index (χ3v) is 4.78. The largest absolute Gasteiger partial charge is 0.444 e. The zero-order valence-corrected chi connectivity index (χ0v) is 14.9. The van der Waals surface area contributed by atoms with E-state index in [2.05, 4.69) is 5.32 Å². The van der Waals surface area contributed by atoms with Crippen molar-refractivity contribution in [3.8, 4) is 0 Å². The molecule has 1 heterocycles. The van der Waals surface area contributed by atoms with Crippen LogP contribution in [0.3, 0.4) is 0 Å². The average molecular weight is 327 g/mol. The molecule has 0 radical (unpaired) electrons. The van der Waals surface area contributed by atoms with Gasteiger partial charge in [0.1, 0.15) is 5.60 Å². The van der Waals surface area contributed by atoms with E-state index in [9.17, 15) is 9.90 Å². The van der Waals surface area contributed by atoms with Crippen LogP contribution in [0.5, 0.6) is 0 Å². The van der Waals surface area contributed by atoms with Gasteiger partial charge in [-0.25, -0.2) is 4.79 Å². The third-order valence-electron chi connectivity index (χ3n) is 4.78. The number of aliphatic hydroxyl groups is 1. The maximum atomic E-state index is 11.9. The second kappa shape index (κ2) is 7.84. The van der Waals surface area contributed by atoms with E-state index < -0.39 is 11.7 Å². The molecule has 0 spiro atoms. The highest BCUT2D eigenvalue weighted by Gasteiger charge is 2.38. The second-order valence-corrected chi connectivity index (χ2v) is 8.33. The molecule has 0 aromatic carbocycles. The monoisotopic (exact) mass is 327 g/mol. The van der Waals surface area contributed by atoms with Crippen molar-refractivity contribution in [1.29, 1.82) is 0 Å². The number of aliphatic hydroxyl groups excluding tert-OH is 1. The van der Waals surface area contributed by atoms with Gasteiger partial charge in [-0.2, -0.15) is 0 Å². The number of hydrogen-bond donors (Lipinski definition) is 2. The van der Waals surface area contributed by atoms with Gasteiger partial charge in [0.15, 0.2) is 0 Å². The summed E-state index contributed by atoms with van der Waals surface area (Å²) in [5.74, 6) is 0.701. The molecule has 2 aliphatic rings. The highest BCUT2D eigenvalue weighted by atomic mass is 16.6. The van der Waals surface area contributed by atoms with E-state index in [0.717, 1.165) is 38.7 Å². The molecule has 1 aliphatic carbocycles. The Morgan fingerprint density at radius 1 is 1.30 bits per heavy atom. The molecule has 2 rings (SSSR count). The van der Waals surface area contributed by atoms with Crippen molar-refractivity contribution in [2.24, 2.45) is 11.3 Å². The first-order valence-electron chi connectivity index (χ1n) is 9.01.